The number of furan rings is 1. The summed E-state index contributed by atoms with van der Waals surface area (Å²) in [5, 5.41) is 3.65. The zero-order chi connectivity index (χ0) is 16.6. The number of ether oxygens (including phenoxy) is 1. The van der Waals surface area contributed by atoms with E-state index < -0.39 is 0 Å². The molecule has 1 N–H and O–H groups in total. The number of benzene rings is 1. The number of methoxy groups -OCH3 is 1. The summed E-state index contributed by atoms with van der Waals surface area (Å²) in [7, 11) is 1.57. The van der Waals surface area contributed by atoms with Crippen molar-refractivity contribution >= 4 is 22.8 Å². The van der Waals surface area contributed by atoms with E-state index in [1.54, 1.807) is 18.1 Å². The summed E-state index contributed by atoms with van der Waals surface area (Å²) >= 11 is 0. The molecule has 0 bridgehead atoms. The van der Waals surface area contributed by atoms with Crippen LogP contribution in [0.2, 0.25) is 0 Å². The van der Waals surface area contributed by atoms with Crippen LogP contribution in [0.3, 0.4) is 0 Å². The van der Waals surface area contributed by atoms with Gasteiger partial charge in [-0.25, -0.2) is 0 Å². The lowest BCUT2D eigenvalue weighted by atomic mass is 9.98. The van der Waals surface area contributed by atoms with Crippen LogP contribution in [0.4, 0.5) is 0 Å². The lowest BCUT2D eigenvalue weighted by molar-refractivity contribution is -0.128. The Balaban J connectivity index is 1.80. The molecule has 1 aromatic heterocycles. The number of nitrogens with zero attached hydrogens (tertiary/aromatic N) is 1. The van der Waals surface area contributed by atoms with Gasteiger partial charge < -0.3 is 19.4 Å². The molecule has 0 aliphatic carbocycles. The van der Waals surface area contributed by atoms with Crippen LogP contribution in [-0.4, -0.2) is 43.5 Å². The summed E-state index contributed by atoms with van der Waals surface area (Å²) in [5.41, 5.74) is 1.38. The zero-order valence-corrected chi connectivity index (χ0v) is 13.5. The predicted molar refractivity (Wildman–Crippen MR) is 85.6 cm³/mol. The second-order valence-corrected chi connectivity index (χ2v) is 5.69. The van der Waals surface area contributed by atoms with Crippen LogP contribution in [0.15, 0.2) is 22.6 Å². The van der Waals surface area contributed by atoms with Crippen molar-refractivity contribution in [3.8, 4) is 5.75 Å². The molecule has 2 heterocycles. The van der Waals surface area contributed by atoms with E-state index in [0.29, 0.717) is 36.7 Å². The minimum Gasteiger partial charge on any atom is -0.493 e. The number of hydrogen-bond donors (Lipinski definition) is 1. The minimum absolute atomic E-state index is 0.000419. The van der Waals surface area contributed by atoms with Gasteiger partial charge in [-0.15, -0.1) is 0 Å². The number of nitrogens with one attached hydrogen (secondary N) is 1. The van der Waals surface area contributed by atoms with Gasteiger partial charge in [0.25, 0.3) is 5.91 Å². The van der Waals surface area contributed by atoms with Gasteiger partial charge in [-0.1, -0.05) is 12.1 Å². The first kappa shape index (κ1) is 15.4. The molecule has 2 amide bonds. The summed E-state index contributed by atoms with van der Waals surface area (Å²) in [6.07, 6.45) is 0. The second kappa shape index (κ2) is 5.95. The third-order valence-corrected chi connectivity index (χ3v) is 4.23. The molecule has 122 valence electrons. The minimum atomic E-state index is -0.179. The van der Waals surface area contributed by atoms with Gasteiger partial charge >= 0.3 is 0 Å². The Morgan fingerprint density at radius 3 is 2.78 bits per heavy atom. The molecule has 23 heavy (non-hydrogen) atoms. The van der Waals surface area contributed by atoms with Gasteiger partial charge in [-0.3, -0.25) is 9.59 Å². The second-order valence-electron chi connectivity index (χ2n) is 5.69. The predicted octanol–water partition coefficient (Wildman–Crippen LogP) is 1.96. The molecule has 6 nitrogen and oxygen atoms in total. The maximum Gasteiger partial charge on any atom is 0.289 e. The number of carbonyl (C=O) groups is 2. The van der Waals surface area contributed by atoms with Crippen molar-refractivity contribution in [3.05, 3.63) is 29.5 Å². The van der Waals surface area contributed by atoms with Gasteiger partial charge in [-0.2, -0.15) is 0 Å². The Kier molecular flexibility index (Phi) is 3.98. The van der Waals surface area contributed by atoms with Crippen LogP contribution >= 0.6 is 0 Å². The van der Waals surface area contributed by atoms with Gasteiger partial charge in [0.2, 0.25) is 5.91 Å². The quantitative estimate of drug-likeness (QED) is 0.936. The first-order valence-corrected chi connectivity index (χ1v) is 7.69. The Morgan fingerprint density at radius 1 is 1.39 bits per heavy atom. The standard InChI is InChI=1S/C17H20N2O4/c1-4-18-16(20)11-8-19(9-11)17(21)14-10(2)12-6-5-7-13(22-3)15(12)23-14/h5-7,11H,4,8-9H2,1-3H3,(H,18,20). The molecule has 1 fully saturated rings. The average molecular weight is 316 g/mol. The molecule has 0 saturated carbocycles. The van der Waals surface area contributed by atoms with E-state index in [1.807, 2.05) is 26.0 Å². The van der Waals surface area contributed by atoms with Crippen LogP contribution in [0.5, 0.6) is 5.75 Å². The van der Waals surface area contributed by atoms with E-state index in [1.165, 1.54) is 0 Å². The van der Waals surface area contributed by atoms with Crippen molar-refractivity contribution in [3.63, 3.8) is 0 Å². The van der Waals surface area contributed by atoms with E-state index in [2.05, 4.69) is 5.32 Å². The zero-order valence-electron chi connectivity index (χ0n) is 13.5. The van der Waals surface area contributed by atoms with E-state index in [-0.39, 0.29) is 17.7 Å². The lowest BCUT2D eigenvalue weighted by Gasteiger charge is -2.37. The Morgan fingerprint density at radius 2 is 2.13 bits per heavy atom. The fourth-order valence-corrected chi connectivity index (χ4v) is 2.85. The topological polar surface area (TPSA) is 71.8 Å². The highest BCUT2D eigenvalue weighted by Crippen LogP contribution is 2.33. The van der Waals surface area contributed by atoms with Crippen molar-refractivity contribution in [2.45, 2.75) is 13.8 Å². The van der Waals surface area contributed by atoms with E-state index in [0.717, 1.165) is 10.9 Å². The molecule has 0 radical (unpaired) electrons. The van der Waals surface area contributed by atoms with Crippen LogP contribution in [0, 0.1) is 12.8 Å². The number of amides is 2. The Labute approximate surface area is 134 Å². The van der Waals surface area contributed by atoms with Crippen molar-refractivity contribution in [2.75, 3.05) is 26.7 Å². The van der Waals surface area contributed by atoms with Gasteiger partial charge in [0, 0.05) is 30.6 Å². The molecule has 0 spiro atoms. The molecule has 1 aromatic carbocycles. The fraction of sp³-hybridized carbons (Fsp3) is 0.412. The maximum absolute atomic E-state index is 12.6. The third kappa shape index (κ3) is 2.54. The molecular formula is C17H20N2O4. The number of para-hydroxylation sites is 1. The van der Waals surface area contributed by atoms with E-state index in [9.17, 15) is 9.59 Å². The van der Waals surface area contributed by atoms with Gasteiger partial charge in [0.1, 0.15) is 0 Å². The summed E-state index contributed by atoms with van der Waals surface area (Å²) in [4.78, 5) is 26.0. The molecule has 3 rings (SSSR count). The molecule has 0 atom stereocenters. The highest BCUT2D eigenvalue weighted by atomic mass is 16.5. The number of aryl methyl sites for hydroxylation is 1. The molecule has 6 heteroatoms. The Hall–Kier alpha value is -2.50. The molecule has 1 saturated heterocycles. The van der Waals surface area contributed by atoms with Crippen molar-refractivity contribution in [1.82, 2.24) is 10.2 Å². The monoisotopic (exact) mass is 316 g/mol. The number of likely N-dealkylation sites (tertiary alicyclic amines) is 1. The summed E-state index contributed by atoms with van der Waals surface area (Å²) in [6.45, 7) is 5.20. The van der Waals surface area contributed by atoms with Crippen LogP contribution in [-0.2, 0) is 4.79 Å². The van der Waals surface area contributed by atoms with E-state index >= 15 is 0 Å². The highest BCUT2D eigenvalue weighted by molar-refractivity contribution is 6.01. The van der Waals surface area contributed by atoms with Gasteiger partial charge in [0.05, 0.1) is 13.0 Å². The molecule has 1 aliphatic rings. The van der Waals surface area contributed by atoms with Gasteiger partial charge in [0.15, 0.2) is 17.1 Å². The number of rotatable bonds is 4. The fourth-order valence-electron chi connectivity index (χ4n) is 2.85. The Bertz CT molecular complexity index is 759. The average Bonchev–Trinajstić information content (AvgIpc) is 2.83. The van der Waals surface area contributed by atoms with Crippen LogP contribution in [0.25, 0.3) is 11.0 Å². The third-order valence-electron chi connectivity index (χ3n) is 4.23. The summed E-state index contributed by atoms with van der Waals surface area (Å²) < 4.78 is 11.0. The van der Waals surface area contributed by atoms with Crippen molar-refractivity contribution in [1.29, 1.82) is 0 Å². The number of hydrogen-bond acceptors (Lipinski definition) is 4. The molecule has 1 aliphatic heterocycles. The summed E-state index contributed by atoms with van der Waals surface area (Å²) in [5.74, 6) is 0.617. The largest absolute Gasteiger partial charge is 0.493 e. The first-order valence-electron chi connectivity index (χ1n) is 7.69. The van der Waals surface area contributed by atoms with Crippen LogP contribution < -0.4 is 10.1 Å². The van der Waals surface area contributed by atoms with E-state index in [4.69, 9.17) is 9.15 Å². The SMILES string of the molecule is CCNC(=O)C1CN(C(=O)c2oc3c(OC)cccc3c2C)C1. The number of carbonyl (C=O) groups excluding carboxylic acids is 2. The summed E-state index contributed by atoms with van der Waals surface area (Å²) in [6, 6.07) is 5.57. The highest BCUT2D eigenvalue weighted by Gasteiger charge is 2.37. The lowest BCUT2D eigenvalue weighted by Crippen LogP contribution is -2.55. The first-order chi connectivity index (χ1) is 11.1. The maximum atomic E-state index is 12.6. The van der Waals surface area contributed by atoms with Crippen molar-refractivity contribution in [2.24, 2.45) is 5.92 Å². The van der Waals surface area contributed by atoms with Gasteiger partial charge in [-0.05, 0) is 19.9 Å². The molecule has 2 aromatic rings. The smallest absolute Gasteiger partial charge is 0.289 e. The molecular weight excluding hydrogens is 296 g/mol. The molecule has 0 unspecified atom stereocenters. The van der Waals surface area contributed by atoms with Crippen molar-refractivity contribution < 1.29 is 18.7 Å². The number of fused-ring (bicyclic) bond motifs is 1. The van der Waals surface area contributed by atoms with Crippen LogP contribution in [0.1, 0.15) is 23.0 Å². The normalized spacial score (nSPS) is 14.7.